The fraction of sp³-hybridized carbons (Fsp3) is 0.769. The minimum atomic E-state index is -0.648. The van der Waals surface area contributed by atoms with Crippen molar-refractivity contribution in [3.63, 3.8) is 0 Å². The normalized spacial score (nSPS) is 28.3. The molecule has 0 aromatic rings. The molecule has 2 amide bonds. The lowest BCUT2D eigenvalue weighted by Gasteiger charge is -2.23. The molecule has 0 radical (unpaired) electrons. The van der Waals surface area contributed by atoms with Gasteiger partial charge in [0.15, 0.2) is 0 Å². The van der Waals surface area contributed by atoms with Gasteiger partial charge in [-0.1, -0.05) is 0 Å². The number of hydrogen-bond acceptors (Lipinski definition) is 6. The van der Waals surface area contributed by atoms with E-state index in [1.54, 1.807) is 20.8 Å². The molecule has 2 aliphatic heterocycles. The molecule has 2 saturated heterocycles. The molecule has 2 fully saturated rings. The molecule has 0 saturated carbocycles. The number of thioether (sulfide) groups is 1. The number of hydrogen-bond donors (Lipinski definition) is 1. The molecule has 2 rings (SSSR count). The summed E-state index contributed by atoms with van der Waals surface area (Å²) < 4.78 is 9.86. The number of rotatable bonds is 2. The van der Waals surface area contributed by atoms with Gasteiger partial charge in [-0.15, -0.1) is 11.8 Å². The van der Waals surface area contributed by atoms with Crippen LogP contribution in [0.25, 0.3) is 0 Å². The number of nitrogens with one attached hydrogen (secondary N) is 1. The van der Waals surface area contributed by atoms with Crippen molar-refractivity contribution in [2.75, 3.05) is 12.9 Å². The van der Waals surface area contributed by atoms with E-state index in [0.29, 0.717) is 12.2 Å². The van der Waals surface area contributed by atoms with E-state index in [1.807, 2.05) is 0 Å². The minimum Gasteiger partial charge on any atom is -0.467 e. The summed E-state index contributed by atoms with van der Waals surface area (Å²) in [6, 6.07) is -1.22. The number of fused-ring (bicyclic) bond motifs is 1. The average molecular weight is 316 g/mol. The van der Waals surface area contributed by atoms with Crippen molar-refractivity contribution in [2.24, 2.45) is 0 Å². The monoisotopic (exact) mass is 316 g/mol. The molecule has 0 aliphatic carbocycles. The van der Waals surface area contributed by atoms with Crippen molar-refractivity contribution in [1.82, 2.24) is 10.2 Å². The molecule has 2 aliphatic rings. The number of carbonyl (C=O) groups excluding carboxylic acids is 3. The maximum absolute atomic E-state index is 12.4. The summed E-state index contributed by atoms with van der Waals surface area (Å²) in [6.45, 7) is 5.26. The van der Waals surface area contributed by atoms with Crippen molar-refractivity contribution in [2.45, 2.75) is 50.3 Å². The lowest BCUT2D eigenvalue weighted by Crippen LogP contribution is -2.48. The predicted octanol–water partition coefficient (Wildman–Crippen LogP) is 0.726. The molecule has 0 aromatic carbocycles. The third-order valence-corrected chi connectivity index (χ3v) is 4.56. The zero-order chi connectivity index (χ0) is 15.8. The van der Waals surface area contributed by atoms with Crippen LogP contribution in [-0.2, 0) is 19.1 Å². The van der Waals surface area contributed by atoms with Crippen molar-refractivity contribution in [3.8, 4) is 0 Å². The Kier molecular flexibility index (Phi) is 4.36. The zero-order valence-corrected chi connectivity index (χ0v) is 13.4. The van der Waals surface area contributed by atoms with E-state index in [-0.39, 0.29) is 11.3 Å². The molecule has 0 aromatic heterocycles. The molecule has 0 spiro atoms. The molecule has 2 heterocycles. The highest BCUT2D eigenvalue weighted by atomic mass is 32.2. The summed E-state index contributed by atoms with van der Waals surface area (Å²) in [4.78, 5) is 37.3. The van der Waals surface area contributed by atoms with Crippen LogP contribution in [0, 0.1) is 0 Å². The Morgan fingerprint density at radius 2 is 2.05 bits per heavy atom. The van der Waals surface area contributed by atoms with E-state index in [9.17, 15) is 14.4 Å². The first-order chi connectivity index (χ1) is 9.73. The Labute approximate surface area is 127 Å². The van der Waals surface area contributed by atoms with Gasteiger partial charge >= 0.3 is 12.1 Å². The molecule has 118 valence electrons. The SMILES string of the molecule is COC(=O)C1CSC2CC(NC(=O)OC(C)(C)C)C(=O)N21. The number of methoxy groups -OCH3 is 1. The van der Waals surface area contributed by atoms with Gasteiger partial charge in [0.25, 0.3) is 0 Å². The highest BCUT2D eigenvalue weighted by molar-refractivity contribution is 8.00. The smallest absolute Gasteiger partial charge is 0.408 e. The maximum atomic E-state index is 12.4. The number of ether oxygens (including phenoxy) is 2. The van der Waals surface area contributed by atoms with Gasteiger partial charge in [-0.05, 0) is 20.8 Å². The van der Waals surface area contributed by atoms with Gasteiger partial charge in [0, 0.05) is 12.2 Å². The van der Waals surface area contributed by atoms with Crippen LogP contribution in [0.4, 0.5) is 4.79 Å². The van der Waals surface area contributed by atoms with E-state index in [2.05, 4.69) is 5.32 Å². The number of esters is 1. The van der Waals surface area contributed by atoms with Gasteiger partial charge in [-0.2, -0.15) is 0 Å². The van der Waals surface area contributed by atoms with E-state index < -0.39 is 29.7 Å². The van der Waals surface area contributed by atoms with Crippen LogP contribution in [-0.4, -0.2) is 58.8 Å². The average Bonchev–Trinajstić information content (AvgIpc) is 2.88. The van der Waals surface area contributed by atoms with Gasteiger partial charge in [-0.3, -0.25) is 4.79 Å². The van der Waals surface area contributed by atoms with Crippen molar-refractivity contribution < 1.29 is 23.9 Å². The zero-order valence-electron chi connectivity index (χ0n) is 12.5. The summed E-state index contributed by atoms with van der Waals surface area (Å²) in [5.41, 5.74) is -0.620. The summed E-state index contributed by atoms with van der Waals surface area (Å²) in [5, 5.41) is 2.48. The largest absolute Gasteiger partial charge is 0.467 e. The second kappa shape index (κ2) is 5.75. The number of carbonyl (C=O) groups is 3. The second-order valence-electron chi connectivity index (χ2n) is 6.01. The predicted molar refractivity (Wildman–Crippen MR) is 76.7 cm³/mol. The molecule has 3 unspecified atom stereocenters. The molecule has 7 nitrogen and oxygen atoms in total. The van der Waals surface area contributed by atoms with Crippen LogP contribution < -0.4 is 5.32 Å². The first-order valence-electron chi connectivity index (χ1n) is 6.74. The summed E-state index contributed by atoms with van der Waals surface area (Å²) in [7, 11) is 1.30. The van der Waals surface area contributed by atoms with Crippen molar-refractivity contribution in [3.05, 3.63) is 0 Å². The third kappa shape index (κ3) is 3.42. The lowest BCUT2D eigenvalue weighted by molar-refractivity contribution is -0.150. The first-order valence-corrected chi connectivity index (χ1v) is 7.79. The fourth-order valence-electron chi connectivity index (χ4n) is 2.41. The van der Waals surface area contributed by atoms with Crippen LogP contribution in [0.5, 0.6) is 0 Å². The summed E-state index contributed by atoms with van der Waals surface area (Å²) in [6.07, 6.45) is -0.155. The van der Waals surface area contributed by atoms with Crippen LogP contribution in [0.2, 0.25) is 0 Å². The number of amides is 2. The standard InChI is InChI=1S/C13H20N2O5S/c1-13(2,3)20-12(18)14-7-5-9-15(10(7)16)8(6-21-9)11(17)19-4/h7-9H,5-6H2,1-4H3,(H,14,18). The van der Waals surface area contributed by atoms with Gasteiger partial charge < -0.3 is 19.7 Å². The summed E-state index contributed by atoms with van der Waals surface area (Å²) >= 11 is 1.52. The molecule has 21 heavy (non-hydrogen) atoms. The highest BCUT2D eigenvalue weighted by Crippen LogP contribution is 2.38. The Morgan fingerprint density at radius 3 is 2.62 bits per heavy atom. The second-order valence-corrected chi connectivity index (χ2v) is 7.22. The van der Waals surface area contributed by atoms with Gasteiger partial charge in [0.1, 0.15) is 17.7 Å². The Bertz CT molecular complexity index is 462. The van der Waals surface area contributed by atoms with Crippen molar-refractivity contribution in [1.29, 1.82) is 0 Å². The molecule has 3 atom stereocenters. The van der Waals surface area contributed by atoms with E-state index in [1.165, 1.54) is 23.8 Å². The molecule has 1 N–H and O–H groups in total. The third-order valence-electron chi connectivity index (χ3n) is 3.25. The maximum Gasteiger partial charge on any atom is 0.408 e. The lowest BCUT2D eigenvalue weighted by atomic mass is 10.2. The fourth-order valence-corrected chi connectivity index (χ4v) is 3.85. The number of nitrogens with zero attached hydrogens (tertiary/aromatic N) is 1. The van der Waals surface area contributed by atoms with E-state index in [0.717, 1.165) is 0 Å². The van der Waals surface area contributed by atoms with Gasteiger partial charge in [0.05, 0.1) is 12.5 Å². The minimum absolute atomic E-state index is 0.0958. The topological polar surface area (TPSA) is 84.9 Å². The number of alkyl carbamates (subject to hydrolysis) is 1. The Balaban J connectivity index is 1.99. The Morgan fingerprint density at radius 1 is 1.38 bits per heavy atom. The van der Waals surface area contributed by atoms with Crippen LogP contribution in [0.1, 0.15) is 27.2 Å². The van der Waals surface area contributed by atoms with E-state index in [4.69, 9.17) is 9.47 Å². The molecular formula is C13H20N2O5S. The molecular weight excluding hydrogens is 296 g/mol. The van der Waals surface area contributed by atoms with E-state index >= 15 is 0 Å². The molecule has 0 bridgehead atoms. The van der Waals surface area contributed by atoms with Crippen molar-refractivity contribution >= 4 is 29.7 Å². The van der Waals surface area contributed by atoms with Crippen LogP contribution in [0.15, 0.2) is 0 Å². The van der Waals surface area contributed by atoms with Gasteiger partial charge in [-0.25, -0.2) is 9.59 Å². The Hall–Kier alpha value is -1.44. The molecule has 8 heteroatoms. The van der Waals surface area contributed by atoms with Crippen LogP contribution >= 0.6 is 11.8 Å². The first kappa shape index (κ1) is 15.9. The van der Waals surface area contributed by atoms with Gasteiger partial charge in [0.2, 0.25) is 5.91 Å². The highest BCUT2D eigenvalue weighted by Gasteiger charge is 2.50. The van der Waals surface area contributed by atoms with Crippen LogP contribution in [0.3, 0.4) is 0 Å². The quantitative estimate of drug-likeness (QED) is 0.756. The summed E-state index contributed by atoms with van der Waals surface area (Å²) in [5.74, 6) is -0.148.